The van der Waals surface area contributed by atoms with Crippen LogP contribution >= 0.6 is 0 Å². The van der Waals surface area contributed by atoms with E-state index in [1.807, 2.05) is 0 Å². The Balaban J connectivity index is 1.64. The van der Waals surface area contributed by atoms with E-state index < -0.39 is 31.1 Å². The molecule has 2 aromatic heterocycles. The summed E-state index contributed by atoms with van der Waals surface area (Å²) in [4.78, 5) is 12.6. The van der Waals surface area contributed by atoms with Gasteiger partial charge in [0, 0.05) is 0 Å². The van der Waals surface area contributed by atoms with Crippen LogP contribution in [0.1, 0.15) is 18.7 Å². The largest absolute Gasteiger partial charge is 0.394 e. The van der Waals surface area contributed by atoms with E-state index in [0.29, 0.717) is 11.3 Å². The maximum Gasteiger partial charge on any atom is 0.247 e. The Bertz CT molecular complexity index is 1090. The van der Waals surface area contributed by atoms with E-state index >= 15 is 0 Å². The van der Waals surface area contributed by atoms with Crippen LogP contribution in [0.4, 0.5) is 16.2 Å². The number of aromatic nitrogens is 4. The van der Waals surface area contributed by atoms with Crippen molar-refractivity contribution in [1.29, 1.82) is 0 Å². The molecular weight excluding hydrogens is 397 g/mol. The lowest BCUT2D eigenvalue weighted by Crippen LogP contribution is -2.33. The molecule has 0 aliphatic carbocycles. The van der Waals surface area contributed by atoms with E-state index in [4.69, 9.17) is 10.5 Å². The molecule has 4 unspecified atom stereocenters. The lowest BCUT2D eigenvalue weighted by Gasteiger charge is -2.16. The standard InChI is InChI=1S/C18H20FN7O4/c1-8(9-2-4-10(19)5-3-9)24-25-18-22-15(20)12-16(23-18)26(7-21-12)17-14(29)13(28)11(6-27)30-17/h2-5,7,11,13-14,17,27-29H,6H2,1H3,(H3,20,22,23,25)/b24-8+. The predicted octanol–water partition coefficient (Wildman–Crippen LogP) is -0.00480. The average Bonchev–Trinajstić information content (AvgIpc) is 3.28. The van der Waals surface area contributed by atoms with Gasteiger partial charge in [-0.1, -0.05) is 12.1 Å². The molecule has 1 fully saturated rings. The van der Waals surface area contributed by atoms with Gasteiger partial charge in [-0.3, -0.25) is 4.57 Å². The summed E-state index contributed by atoms with van der Waals surface area (Å²) in [6.45, 7) is 1.27. The second kappa shape index (κ2) is 7.91. The molecule has 11 nitrogen and oxygen atoms in total. The number of hydrazone groups is 1. The highest BCUT2D eigenvalue weighted by atomic mass is 19.1. The maximum atomic E-state index is 13.1. The first-order valence-corrected chi connectivity index (χ1v) is 9.07. The van der Waals surface area contributed by atoms with Crippen LogP contribution in [0.15, 0.2) is 35.7 Å². The van der Waals surface area contributed by atoms with E-state index in [1.54, 1.807) is 19.1 Å². The number of nitrogens with two attached hydrogens (primary N) is 1. The lowest BCUT2D eigenvalue weighted by molar-refractivity contribution is -0.0511. The van der Waals surface area contributed by atoms with Crippen molar-refractivity contribution >= 4 is 28.6 Å². The van der Waals surface area contributed by atoms with Gasteiger partial charge in [-0.25, -0.2) is 14.8 Å². The van der Waals surface area contributed by atoms with Gasteiger partial charge >= 0.3 is 0 Å². The molecule has 3 aromatic rings. The second-order valence-corrected chi connectivity index (χ2v) is 6.80. The van der Waals surface area contributed by atoms with Gasteiger partial charge in [-0.15, -0.1) is 0 Å². The Kier molecular flexibility index (Phi) is 5.30. The highest BCUT2D eigenvalue weighted by Crippen LogP contribution is 2.32. The minimum atomic E-state index is -1.30. The van der Waals surface area contributed by atoms with Crippen molar-refractivity contribution < 1.29 is 24.4 Å². The van der Waals surface area contributed by atoms with Gasteiger partial charge in [-0.05, 0) is 24.6 Å². The Morgan fingerprint density at radius 2 is 2.00 bits per heavy atom. The summed E-state index contributed by atoms with van der Waals surface area (Å²) < 4.78 is 20.0. The zero-order valence-corrected chi connectivity index (χ0v) is 15.8. The van der Waals surface area contributed by atoms with Crippen LogP contribution in [-0.2, 0) is 4.74 Å². The molecule has 0 bridgehead atoms. The Morgan fingerprint density at radius 1 is 1.27 bits per heavy atom. The number of nitrogen functional groups attached to an aromatic ring is 1. The molecule has 0 spiro atoms. The van der Waals surface area contributed by atoms with Gasteiger partial charge < -0.3 is 25.8 Å². The first kappa shape index (κ1) is 20.1. The SMILES string of the molecule is C/C(=N\Nc1nc(N)c2ncn(C3OC(CO)C(O)C3O)c2n1)c1ccc(F)cc1. The molecule has 1 aliphatic rings. The molecule has 6 N–H and O–H groups in total. The predicted molar refractivity (Wildman–Crippen MR) is 105 cm³/mol. The number of nitrogens with zero attached hydrogens (tertiary/aromatic N) is 5. The minimum absolute atomic E-state index is 0.0648. The smallest absolute Gasteiger partial charge is 0.247 e. The zero-order chi connectivity index (χ0) is 21.4. The summed E-state index contributed by atoms with van der Waals surface area (Å²) in [6, 6.07) is 5.83. The van der Waals surface area contributed by atoms with Gasteiger partial charge in [-0.2, -0.15) is 15.1 Å². The fourth-order valence-electron chi connectivity index (χ4n) is 3.17. The third-order valence-electron chi connectivity index (χ3n) is 4.83. The van der Waals surface area contributed by atoms with Crippen LogP contribution in [0.25, 0.3) is 11.2 Å². The second-order valence-electron chi connectivity index (χ2n) is 6.80. The number of halogens is 1. The van der Waals surface area contributed by atoms with Crippen molar-refractivity contribution in [2.45, 2.75) is 31.5 Å². The Morgan fingerprint density at radius 3 is 2.67 bits per heavy atom. The lowest BCUT2D eigenvalue weighted by atomic mass is 10.1. The quantitative estimate of drug-likeness (QED) is 0.284. The van der Waals surface area contributed by atoms with Crippen LogP contribution in [0, 0.1) is 5.82 Å². The van der Waals surface area contributed by atoms with Crippen molar-refractivity contribution in [3.63, 3.8) is 0 Å². The Hall–Kier alpha value is -3.19. The summed E-state index contributed by atoms with van der Waals surface area (Å²) >= 11 is 0. The molecule has 30 heavy (non-hydrogen) atoms. The van der Waals surface area contributed by atoms with Crippen molar-refractivity contribution in [1.82, 2.24) is 19.5 Å². The minimum Gasteiger partial charge on any atom is -0.394 e. The van der Waals surface area contributed by atoms with Crippen molar-refractivity contribution in [2.24, 2.45) is 5.10 Å². The van der Waals surface area contributed by atoms with Gasteiger partial charge in [0.15, 0.2) is 17.7 Å². The molecule has 1 saturated heterocycles. The van der Waals surface area contributed by atoms with E-state index in [9.17, 15) is 19.7 Å². The van der Waals surface area contributed by atoms with Crippen molar-refractivity contribution in [3.8, 4) is 0 Å². The number of rotatable bonds is 5. The fourth-order valence-corrected chi connectivity index (χ4v) is 3.17. The van der Waals surface area contributed by atoms with Crippen LogP contribution in [-0.4, -0.2) is 65.5 Å². The molecule has 158 valence electrons. The number of benzene rings is 1. The molecule has 4 atom stereocenters. The summed E-state index contributed by atoms with van der Waals surface area (Å²) in [5.74, 6) is -0.211. The summed E-state index contributed by atoms with van der Waals surface area (Å²) in [6.07, 6.45) is -3.17. The molecule has 12 heteroatoms. The van der Waals surface area contributed by atoms with E-state index in [0.717, 1.165) is 0 Å². The summed E-state index contributed by atoms with van der Waals surface area (Å²) in [5, 5.41) is 33.8. The van der Waals surface area contributed by atoms with Crippen molar-refractivity contribution in [3.05, 3.63) is 42.0 Å². The molecule has 1 aromatic carbocycles. The monoisotopic (exact) mass is 417 g/mol. The molecule has 0 amide bonds. The maximum absolute atomic E-state index is 13.1. The Labute approximate surface area is 169 Å². The number of aliphatic hydroxyl groups excluding tert-OH is 3. The highest BCUT2D eigenvalue weighted by molar-refractivity contribution is 5.99. The number of hydrogen-bond donors (Lipinski definition) is 5. The van der Waals surface area contributed by atoms with Crippen LogP contribution in [0.2, 0.25) is 0 Å². The number of imidazole rings is 1. The first-order valence-electron chi connectivity index (χ1n) is 9.07. The number of hydrogen-bond acceptors (Lipinski definition) is 10. The summed E-state index contributed by atoms with van der Waals surface area (Å²) in [5.41, 5.74) is 10.5. The first-order chi connectivity index (χ1) is 14.4. The third-order valence-corrected chi connectivity index (χ3v) is 4.83. The molecule has 0 saturated carbocycles. The van der Waals surface area contributed by atoms with Crippen LogP contribution in [0.3, 0.4) is 0 Å². The number of ether oxygens (including phenoxy) is 1. The topological polar surface area (TPSA) is 164 Å². The fraction of sp³-hybridized carbons (Fsp3) is 0.333. The van der Waals surface area contributed by atoms with Crippen LogP contribution in [0.5, 0.6) is 0 Å². The van der Waals surface area contributed by atoms with E-state index in [2.05, 4.69) is 25.5 Å². The van der Waals surface area contributed by atoms with Gasteiger partial charge in [0.25, 0.3) is 0 Å². The van der Waals surface area contributed by atoms with Gasteiger partial charge in [0.05, 0.1) is 18.6 Å². The van der Waals surface area contributed by atoms with Gasteiger partial charge in [0.2, 0.25) is 5.95 Å². The number of aliphatic hydroxyl groups is 3. The summed E-state index contributed by atoms with van der Waals surface area (Å²) in [7, 11) is 0. The molecule has 1 aliphatic heterocycles. The molecular formula is C18H20FN7O4. The van der Waals surface area contributed by atoms with E-state index in [1.165, 1.54) is 23.0 Å². The normalized spacial score (nSPS) is 24.5. The van der Waals surface area contributed by atoms with Crippen molar-refractivity contribution in [2.75, 3.05) is 17.8 Å². The van der Waals surface area contributed by atoms with E-state index in [-0.39, 0.29) is 28.7 Å². The van der Waals surface area contributed by atoms with Gasteiger partial charge in [0.1, 0.15) is 29.6 Å². The van der Waals surface area contributed by atoms with Crippen LogP contribution < -0.4 is 11.2 Å². The molecule has 3 heterocycles. The number of nitrogens with one attached hydrogen (secondary N) is 1. The number of anilines is 2. The third kappa shape index (κ3) is 3.57. The highest BCUT2D eigenvalue weighted by Gasteiger charge is 2.44. The number of fused-ring (bicyclic) bond motifs is 1. The molecule has 0 radical (unpaired) electrons. The zero-order valence-electron chi connectivity index (χ0n) is 15.8. The molecule has 4 rings (SSSR count). The average molecular weight is 417 g/mol.